The molecule has 0 spiro atoms. The van der Waals surface area contributed by atoms with Gasteiger partial charge in [0.2, 0.25) is 5.91 Å². The summed E-state index contributed by atoms with van der Waals surface area (Å²) in [7, 11) is 0. The number of thioether (sulfide) groups is 1. The largest absolute Gasteiger partial charge is 0.360 e. The second-order valence-electron chi connectivity index (χ2n) is 7.77. The topological polar surface area (TPSA) is 90.0 Å². The minimum absolute atomic E-state index is 0.0596. The standard InChI is InChI=1S/C23H22N4O3S2/c1-14-12-18(26-30-14)24-19(28)13-31-23-25-21-20(16-10-6-3-7-11-17(16)32-21)22(29)27(23)15-8-4-2-5-9-15/h2,4-5,8-9,12H,3,6-7,10-11,13H2,1H3,(H,24,26,28). The molecule has 1 aliphatic carbocycles. The Hall–Kier alpha value is -2.91. The molecule has 1 aliphatic rings. The molecule has 164 valence electrons. The fraction of sp³-hybridized carbons (Fsp3) is 0.304. The van der Waals surface area contributed by atoms with Crippen LogP contribution in [0.25, 0.3) is 15.9 Å². The number of aromatic nitrogens is 3. The molecule has 1 amide bonds. The SMILES string of the molecule is Cc1cc(NC(=O)CSc2nc3sc4c(c3c(=O)n2-c2ccccc2)CCCCC4)no1. The first-order valence-electron chi connectivity index (χ1n) is 10.6. The van der Waals surface area contributed by atoms with E-state index < -0.39 is 0 Å². The molecule has 0 saturated carbocycles. The number of hydrogen-bond donors (Lipinski definition) is 1. The molecule has 5 rings (SSSR count). The summed E-state index contributed by atoms with van der Waals surface area (Å²) in [6.45, 7) is 1.76. The van der Waals surface area contributed by atoms with Gasteiger partial charge in [0.25, 0.3) is 5.56 Å². The number of aryl methyl sites for hydroxylation is 3. The van der Waals surface area contributed by atoms with Gasteiger partial charge in [0.1, 0.15) is 10.6 Å². The molecule has 0 fully saturated rings. The lowest BCUT2D eigenvalue weighted by molar-refractivity contribution is -0.113. The van der Waals surface area contributed by atoms with Crippen LogP contribution in [0.5, 0.6) is 0 Å². The minimum atomic E-state index is -0.237. The lowest BCUT2D eigenvalue weighted by Gasteiger charge is -2.12. The van der Waals surface area contributed by atoms with E-state index in [4.69, 9.17) is 9.51 Å². The second kappa shape index (κ2) is 8.91. The van der Waals surface area contributed by atoms with Crippen LogP contribution >= 0.6 is 23.1 Å². The van der Waals surface area contributed by atoms with Gasteiger partial charge in [-0.15, -0.1) is 11.3 Å². The van der Waals surface area contributed by atoms with Crippen molar-refractivity contribution < 1.29 is 9.32 Å². The summed E-state index contributed by atoms with van der Waals surface area (Å²) in [6.07, 6.45) is 5.37. The van der Waals surface area contributed by atoms with E-state index in [0.717, 1.165) is 41.6 Å². The summed E-state index contributed by atoms with van der Waals surface area (Å²) >= 11 is 2.87. The number of nitrogens with one attached hydrogen (secondary N) is 1. The third-order valence-electron chi connectivity index (χ3n) is 5.45. The number of carbonyl (C=O) groups excluding carboxylic acids is 1. The van der Waals surface area contributed by atoms with Crippen molar-refractivity contribution in [1.29, 1.82) is 0 Å². The number of nitrogens with zero attached hydrogens (tertiary/aromatic N) is 3. The maximum absolute atomic E-state index is 13.7. The average Bonchev–Trinajstić information content (AvgIpc) is 3.27. The number of rotatable bonds is 5. The molecule has 32 heavy (non-hydrogen) atoms. The molecule has 1 N–H and O–H groups in total. The van der Waals surface area contributed by atoms with Gasteiger partial charge in [0.05, 0.1) is 16.8 Å². The van der Waals surface area contributed by atoms with Gasteiger partial charge in [-0.05, 0) is 50.3 Å². The summed E-state index contributed by atoms with van der Waals surface area (Å²) in [5.74, 6) is 0.857. The maximum Gasteiger partial charge on any atom is 0.267 e. The Morgan fingerprint density at radius 1 is 1.22 bits per heavy atom. The van der Waals surface area contributed by atoms with Crippen molar-refractivity contribution in [2.24, 2.45) is 0 Å². The Labute approximate surface area is 192 Å². The molecule has 0 saturated heterocycles. The summed E-state index contributed by atoms with van der Waals surface area (Å²) in [4.78, 5) is 33.1. The summed E-state index contributed by atoms with van der Waals surface area (Å²) in [6, 6.07) is 11.1. The van der Waals surface area contributed by atoms with Crippen molar-refractivity contribution in [2.45, 2.75) is 44.2 Å². The van der Waals surface area contributed by atoms with E-state index in [1.54, 1.807) is 28.9 Å². The number of hydrogen-bond acceptors (Lipinski definition) is 7. The van der Waals surface area contributed by atoms with Crippen LogP contribution in [0.4, 0.5) is 5.82 Å². The van der Waals surface area contributed by atoms with E-state index in [9.17, 15) is 9.59 Å². The first kappa shape index (κ1) is 21.0. The molecule has 0 bridgehead atoms. The molecule has 0 atom stereocenters. The van der Waals surface area contributed by atoms with E-state index in [0.29, 0.717) is 16.7 Å². The quantitative estimate of drug-likeness (QED) is 0.259. The van der Waals surface area contributed by atoms with Gasteiger partial charge < -0.3 is 9.84 Å². The Morgan fingerprint density at radius 3 is 2.81 bits per heavy atom. The molecule has 3 heterocycles. The zero-order valence-electron chi connectivity index (χ0n) is 17.6. The summed E-state index contributed by atoms with van der Waals surface area (Å²) < 4.78 is 6.63. The molecular formula is C23H22N4O3S2. The summed E-state index contributed by atoms with van der Waals surface area (Å²) in [5, 5.41) is 7.75. The lowest BCUT2D eigenvalue weighted by atomic mass is 10.1. The van der Waals surface area contributed by atoms with Crippen molar-refractivity contribution in [3.8, 4) is 5.69 Å². The molecule has 0 radical (unpaired) electrons. The molecule has 9 heteroatoms. The number of fused-ring (bicyclic) bond motifs is 3. The van der Waals surface area contributed by atoms with Crippen molar-refractivity contribution in [3.05, 3.63) is 63.0 Å². The Kier molecular flexibility index (Phi) is 5.84. The van der Waals surface area contributed by atoms with Crippen LogP contribution in [0.3, 0.4) is 0 Å². The van der Waals surface area contributed by atoms with Gasteiger partial charge in [-0.1, -0.05) is 41.5 Å². The van der Waals surface area contributed by atoms with Crippen LogP contribution in [-0.4, -0.2) is 26.4 Å². The van der Waals surface area contributed by atoms with Gasteiger partial charge >= 0.3 is 0 Å². The van der Waals surface area contributed by atoms with Crippen LogP contribution in [0.15, 0.2) is 50.9 Å². The number of anilines is 1. The van der Waals surface area contributed by atoms with Crippen LogP contribution in [0.1, 0.15) is 35.5 Å². The van der Waals surface area contributed by atoms with Crippen molar-refractivity contribution in [3.63, 3.8) is 0 Å². The smallest absolute Gasteiger partial charge is 0.267 e. The van der Waals surface area contributed by atoms with Crippen molar-refractivity contribution in [1.82, 2.24) is 14.7 Å². The number of benzene rings is 1. The molecule has 3 aromatic heterocycles. The molecular weight excluding hydrogens is 444 g/mol. The third kappa shape index (κ3) is 4.10. The van der Waals surface area contributed by atoms with Gasteiger partial charge in [-0.25, -0.2) is 4.98 Å². The van der Waals surface area contributed by atoms with Gasteiger partial charge in [-0.2, -0.15) is 0 Å². The number of amides is 1. The van der Waals surface area contributed by atoms with E-state index in [2.05, 4.69) is 10.5 Å². The number of thiophene rings is 1. The predicted octanol–water partition coefficient (Wildman–Crippen LogP) is 4.74. The molecule has 7 nitrogen and oxygen atoms in total. The highest BCUT2D eigenvalue weighted by atomic mass is 32.2. The number of para-hydroxylation sites is 1. The number of carbonyl (C=O) groups is 1. The van der Waals surface area contributed by atoms with Crippen molar-refractivity contribution >= 4 is 45.0 Å². The first-order valence-corrected chi connectivity index (χ1v) is 12.4. The highest BCUT2D eigenvalue weighted by Crippen LogP contribution is 2.34. The fourth-order valence-electron chi connectivity index (χ4n) is 4.00. The van der Waals surface area contributed by atoms with E-state index in [1.807, 2.05) is 30.3 Å². The average molecular weight is 467 g/mol. The zero-order valence-corrected chi connectivity index (χ0v) is 19.2. The first-order chi connectivity index (χ1) is 15.6. The summed E-state index contributed by atoms with van der Waals surface area (Å²) in [5.41, 5.74) is 1.85. The molecule has 0 aliphatic heterocycles. The monoisotopic (exact) mass is 466 g/mol. The van der Waals surface area contributed by atoms with Crippen molar-refractivity contribution in [2.75, 3.05) is 11.1 Å². The molecule has 1 aromatic carbocycles. The van der Waals surface area contributed by atoms with Crippen LogP contribution in [0, 0.1) is 6.92 Å². The Morgan fingerprint density at radius 2 is 2.03 bits per heavy atom. The normalized spacial score (nSPS) is 13.7. The minimum Gasteiger partial charge on any atom is -0.360 e. The Balaban J connectivity index is 1.53. The van der Waals surface area contributed by atoms with E-state index in [-0.39, 0.29) is 17.2 Å². The van der Waals surface area contributed by atoms with Gasteiger partial charge in [0, 0.05) is 10.9 Å². The Bertz CT molecular complexity index is 1340. The third-order valence-corrected chi connectivity index (χ3v) is 7.57. The lowest BCUT2D eigenvalue weighted by Crippen LogP contribution is -2.23. The second-order valence-corrected chi connectivity index (χ2v) is 9.80. The van der Waals surface area contributed by atoms with Gasteiger partial charge in [0.15, 0.2) is 11.0 Å². The fourth-order valence-corrected chi connectivity index (χ4v) is 6.11. The van der Waals surface area contributed by atoms with Crippen LogP contribution in [-0.2, 0) is 17.6 Å². The highest BCUT2D eigenvalue weighted by Gasteiger charge is 2.22. The van der Waals surface area contributed by atoms with Crippen LogP contribution < -0.4 is 10.9 Å². The predicted molar refractivity (Wildman–Crippen MR) is 127 cm³/mol. The molecule has 4 aromatic rings. The maximum atomic E-state index is 13.7. The van der Waals surface area contributed by atoms with Crippen LogP contribution in [0.2, 0.25) is 0 Å². The van der Waals surface area contributed by atoms with E-state index >= 15 is 0 Å². The molecule has 0 unspecified atom stereocenters. The zero-order chi connectivity index (χ0) is 22.1. The van der Waals surface area contributed by atoms with Gasteiger partial charge in [-0.3, -0.25) is 14.2 Å². The highest BCUT2D eigenvalue weighted by molar-refractivity contribution is 7.99. The van der Waals surface area contributed by atoms with E-state index in [1.165, 1.54) is 28.6 Å².